The van der Waals surface area contributed by atoms with Gasteiger partial charge in [-0.2, -0.15) is 5.26 Å². The van der Waals surface area contributed by atoms with Gasteiger partial charge in [-0.1, -0.05) is 12.1 Å². The van der Waals surface area contributed by atoms with E-state index in [9.17, 15) is 5.26 Å². The lowest BCUT2D eigenvalue weighted by atomic mass is 10.0. The highest BCUT2D eigenvalue weighted by molar-refractivity contribution is 5.91. The molecule has 0 aliphatic carbocycles. The molecule has 2 aromatic carbocycles. The number of allylic oxidation sites excluding steroid dienone is 1. The van der Waals surface area contributed by atoms with Crippen LogP contribution in [0.5, 0.6) is 11.5 Å². The average Bonchev–Trinajstić information content (AvgIpc) is 3.21. The molecule has 1 aromatic heterocycles. The van der Waals surface area contributed by atoms with E-state index >= 15 is 0 Å². The first kappa shape index (κ1) is 16.2. The Bertz CT molecular complexity index is 1010. The van der Waals surface area contributed by atoms with E-state index < -0.39 is 0 Å². The molecule has 0 bridgehead atoms. The summed E-state index contributed by atoms with van der Waals surface area (Å²) in [6.45, 7) is 4.55. The first-order chi connectivity index (χ1) is 12.7. The van der Waals surface area contributed by atoms with Crippen molar-refractivity contribution < 1.29 is 9.47 Å². The van der Waals surface area contributed by atoms with Crippen LogP contribution in [-0.4, -0.2) is 22.7 Å². The Kier molecular flexibility index (Phi) is 4.10. The summed E-state index contributed by atoms with van der Waals surface area (Å²) in [5.41, 5.74) is 4.14. The van der Waals surface area contributed by atoms with E-state index in [4.69, 9.17) is 9.47 Å². The number of benzene rings is 2. The second kappa shape index (κ2) is 6.57. The van der Waals surface area contributed by atoms with E-state index in [1.54, 1.807) is 6.08 Å². The Labute approximate surface area is 151 Å². The van der Waals surface area contributed by atoms with Gasteiger partial charge in [0, 0.05) is 17.5 Å². The summed E-state index contributed by atoms with van der Waals surface area (Å²) >= 11 is 0. The highest BCUT2D eigenvalue weighted by Crippen LogP contribution is 2.36. The quantitative estimate of drug-likeness (QED) is 0.714. The van der Waals surface area contributed by atoms with Crippen molar-refractivity contribution in [3.8, 4) is 17.6 Å². The second-order valence-electron chi connectivity index (χ2n) is 6.34. The predicted octanol–water partition coefficient (Wildman–Crippen LogP) is 4.35. The minimum absolute atomic E-state index is 0.157. The number of ether oxygens (including phenoxy) is 2. The van der Waals surface area contributed by atoms with Crippen LogP contribution in [0.15, 0.2) is 36.4 Å². The van der Waals surface area contributed by atoms with Gasteiger partial charge < -0.3 is 14.5 Å². The van der Waals surface area contributed by atoms with Gasteiger partial charge in [-0.3, -0.25) is 0 Å². The minimum atomic E-state index is 0.157. The fraction of sp³-hybridized carbons (Fsp3) is 0.238. The van der Waals surface area contributed by atoms with Crippen molar-refractivity contribution in [2.75, 3.05) is 6.61 Å². The van der Waals surface area contributed by atoms with Crippen LogP contribution in [0.4, 0.5) is 0 Å². The zero-order valence-electron chi connectivity index (χ0n) is 14.7. The fourth-order valence-corrected chi connectivity index (χ4v) is 3.24. The standard InChI is InChI=1S/C21H19N3O2/c1-3-25-19-10-14-8-13(2)26-20(14)11-15(19)9-16(12-22)21-23-17-6-4-5-7-18(17)24-21/h4-7,9-11,13H,3,8H2,1-2H3,(H,23,24). The van der Waals surface area contributed by atoms with E-state index in [0.717, 1.165) is 40.1 Å². The predicted molar refractivity (Wildman–Crippen MR) is 101 cm³/mol. The number of H-pyrrole nitrogens is 1. The summed E-state index contributed by atoms with van der Waals surface area (Å²) in [5.74, 6) is 2.16. The van der Waals surface area contributed by atoms with Crippen molar-refractivity contribution in [3.05, 3.63) is 53.3 Å². The molecule has 0 amide bonds. The molecule has 0 saturated heterocycles. The van der Waals surface area contributed by atoms with Crippen LogP contribution in [0.1, 0.15) is 30.8 Å². The molecule has 1 atom stereocenters. The normalized spacial score (nSPS) is 16.2. The molecular weight excluding hydrogens is 326 g/mol. The van der Waals surface area contributed by atoms with Crippen LogP contribution in [0.25, 0.3) is 22.7 Å². The molecule has 3 aromatic rings. The van der Waals surface area contributed by atoms with Gasteiger partial charge in [0.05, 0.1) is 23.2 Å². The van der Waals surface area contributed by atoms with Gasteiger partial charge in [0.2, 0.25) is 0 Å². The van der Waals surface area contributed by atoms with Crippen molar-refractivity contribution in [3.63, 3.8) is 0 Å². The number of aromatic amines is 1. The van der Waals surface area contributed by atoms with Crippen LogP contribution >= 0.6 is 0 Å². The third kappa shape index (κ3) is 2.91. The van der Waals surface area contributed by atoms with E-state index in [0.29, 0.717) is 18.0 Å². The average molecular weight is 345 g/mol. The number of fused-ring (bicyclic) bond motifs is 2. The SMILES string of the molecule is CCOc1cc2c(cc1C=C(C#N)c1nc3ccccc3[nH]1)OC(C)C2. The summed E-state index contributed by atoms with van der Waals surface area (Å²) < 4.78 is 11.7. The van der Waals surface area contributed by atoms with Crippen molar-refractivity contribution in [2.45, 2.75) is 26.4 Å². The zero-order chi connectivity index (χ0) is 18.1. The molecule has 0 spiro atoms. The van der Waals surface area contributed by atoms with Crippen LogP contribution in [0.2, 0.25) is 0 Å². The maximum absolute atomic E-state index is 9.67. The number of hydrogen-bond donors (Lipinski definition) is 1. The number of imidazole rings is 1. The summed E-state index contributed by atoms with van der Waals surface area (Å²) in [5, 5.41) is 9.67. The zero-order valence-corrected chi connectivity index (χ0v) is 14.7. The fourth-order valence-electron chi connectivity index (χ4n) is 3.24. The number of aromatic nitrogens is 2. The number of para-hydroxylation sites is 2. The molecular formula is C21H19N3O2. The van der Waals surface area contributed by atoms with Crippen molar-refractivity contribution in [1.29, 1.82) is 5.26 Å². The molecule has 130 valence electrons. The highest BCUT2D eigenvalue weighted by Gasteiger charge is 2.22. The van der Waals surface area contributed by atoms with Crippen LogP contribution in [0.3, 0.4) is 0 Å². The van der Waals surface area contributed by atoms with Gasteiger partial charge in [0.15, 0.2) is 0 Å². The number of nitrogens with one attached hydrogen (secondary N) is 1. The molecule has 5 heteroatoms. The Morgan fingerprint density at radius 2 is 2.27 bits per heavy atom. The van der Waals surface area contributed by atoms with Crippen molar-refractivity contribution >= 4 is 22.7 Å². The highest BCUT2D eigenvalue weighted by atomic mass is 16.5. The van der Waals surface area contributed by atoms with Crippen molar-refractivity contribution in [2.24, 2.45) is 0 Å². The number of nitrogens with zero attached hydrogens (tertiary/aromatic N) is 2. The molecule has 0 saturated carbocycles. The number of hydrogen-bond acceptors (Lipinski definition) is 4. The van der Waals surface area contributed by atoms with Gasteiger partial charge in [-0.15, -0.1) is 0 Å². The van der Waals surface area contributed by atoms with Crippen molar-refractivity contribution in [1.82, 2.24) is 9.97 Å². The Hall–Kier alpha value is -3.26. The minimum Gasteiger partial charge on any atom is -0.493 e. The molecule has 1 aliphatic heterocycles. The van der Waals surface area contributed by atoms with Gasteiger partial charge in [-0.25, -0.2) is 4.98 Å². The molecule has 1 N–H and O–H groups in total. The third-order valence-corrected chi connectivity index (χ3v) is 4.39. The monoisotopic (exact) mass is 345 g/mol. The summed E-state index contributed by atoms with van der Waals surface area (Å²) in [6.07, 6.45) is 2.83. The molecule has 2 heterocycles. The van der Waals surface area contributed by atoms with Gasteiger partial charge in [0.1, 0.15) is 29.5 Å². The first-order valence-corrected chi connectivity index (χ1v) is 8.71. The lowest BCUT2D eigenvalue weighted by Gasteiger charge is -2.10. The lowest BCUT2D eigenvalue weighted by molar-refractivity contribution is 0.254. The molecule has 0 fully saturated rings. The van der Waals surface area contributed by atoms with E-state index in [1.807, 2.05) is 50.2 Å². The maximum atomic E-state index is 9.67. The van der Waals surface area contributed by atoms with E-state index in [1.165, 1.54) is 0 Å². The Balaban J connectivity index is 1.80. The summed E-state index contributed by atoms with van der Waals surface area (Å²) in [4.78, 5) is 7.73. The molecule has 4 rings (SSSR count). The summed E-state index contributed by atoms with van der Waals surface area (Å²) in [6, 6.07) is 13.9. The first-order valence-electron chi connectivity index (χ1n) is 8.71. The van der Waals surface area contributed by atoms with E-state index in [-0.39, 0.29) is 6.10 Å². The molecule has 26 heavy (non-hydrogen) atoms. The topological polar surface area (TPSA) is 70.9 Å². The van der Waals surface area contributed by atoms with E-state index in [2.05, 4.69) is 16.0 Å². The van der Waals surface area contributed by atoms with Gasteiger partial charge >= 0.3 is 0 Å². The molecule has 1 unspecified atom stereocenters. The van der Waals surface area contributed by atoms with Crippen LogP contribution in [-0.2, 0) is 6.42 Å². The third-order valence-electron chi connectivity index (χ3n) is 4.39. The number of nitriles is 1. The smallest absolute Gasteiger partial charge is 0.149 e. The maximum Gasteiger partial charge on any atom is 0.149 e. The Morgan fingerprint density at radius 1 is 1.42 bits per heavy atom. The van der Waals surface area contributed by atoms with Crippen LogP contribution in [0, 0.1) is 11.3 Å². The molecule has 0 radical (unpaired) electrons. The second-order valence-corrected chi connectivity index (χ2v) is 6.34. The van der Waals surface area contributed by atoms with Gasteiger partial charge in [0.25, 0.3) is 0 Å². The Morgan fingerprint density at radius 3 is 3.04 bits per heavy atom. The van der Waals surface area contributed by atoms with Gasteiger partial charge in [-0.05, 0) is 44.2 Å². The van der Waals surface area contributed by atoms with Crippen LogP contribution < -0.4 is 9.47 Å². The largest absolute Gasteiger partial charge is 0.493 e. The molecule has 5 nitrogen and oxygen atoms in total. The number of rotatable bonds is 4. The summed E-state index contributed by atoms with van der Waals surface area (Å²) in [7, 11) is 0. The lowest BCUT2D eigenvalue weighted by Crippen LogP contribution is -2.05. The molecule has 1 aliphatic rings.